The third-order valence-electron chi connectivity index (χ3n) is 5.29. The standard InChI is InChI=1S/C23H28N2O4/c1-14-7-8-15(2)17(13-14)21(26)19-20(18-10-9-16(3)29-18)25(23(28)22(19)27)12-6-11-24(4)5/h7-10,13,20,26H,6,11-12H2,1-5H3/p+1/t20-/m1/s1. The quantitative estimate of drug-likeness (QED) is 0.445. The topological polar surface area (TPSA) is 75.2 Å². The molecule has 1 aliphatic heterocycles. The number of carbonyl (C=O) groups is 2. The maximum absolute atomic E-state index is 13.0. The van der Waals surface area contributed by atoms with Crippen molar-refractivity contribution < 1.29 is 24.0 Å². The van der Waals surface area contributed by atoms with Crippen LogP contribution in [0.1, 0.15) is 40.7 Å². The Bertz CT molecular complexity index is 971. The van der Waals surface area contributed by atoms with Gasteiger partial charge in [-0.3, -0.25) is 9.59 Å². The number of furan rings is 1. The third-order valence-corrected chi connectivity index (χ3v) is 5.29. The van der Waals surface area contributed by atoms with Crippen LogP contribution in [0.4, 0.5) is 0 Å². The van der Waals surface area contributed by atoms with Crippen molar-refractivity contribution in [2.45, 2.75) is 33.2 Å². The second-order valence-corrected chi connectivity index (χ2v) is 8.07. The van der Waals surface area contributed by atoms with Gasteiger partial charge in [0.05, 0.1) is 26.2 Å². The first-order valence-corrected chi connectivity index (χ1v) is 9.92. The molecule has 6 heteroatoms. The van der Waals surface area contributed by atoms with Crippen LogP contribution in [0.15, 0.2) is 40.3 Å². The highest BCUT2D eigenvalue weighted by Crippen LogP contribution is 2.40. The molecule has 0 saturated carbocycles. The van der Waals surface area contributed by atoms with Crippen molar-refractivity contribution >= 4 is 17.4 Å². The van der Waals surface area contributed by atoms with Crippen molar-refractivity contribution in [3.8, 4) is 0 Å². The molecule has 2 heterocycles. The molecular formula is C23H29N2O4+. The van der Waals surface area contributed by atoms with E-state index in [0.29, 0.717) is 23.6 Å². The van der Waals surface area contributed by atoms with Crippen LogP contribution in [0.3, 0.4) is 0 Å². The number of amides is 1. The number of ketones is 1. The van der Waals surface area contributed by atoms with E-state index < -0.39 is 17.7 Å². The number of quaternary nitrogens is 1. The summed E-state index contributed by atoms with van der Waals surface area (Å²) in [7, 11) is 4.09. The van der Waals surface area contributed by atoms with Crippen LogP contribution >= 0.6 is 0 Å². The SMILES string of the molecule is Cc1ccc(C)c(C(O)=C2C(=O)C(=O)N(CCC[NH+](C)C)[C@@H]2c2ccc(C)o2)c1. The van der Waals surface area contributed by atoms with Crippen LogP contribution in [0, 0.1) is 20.8 Å². The van der Waals surface area contributed by atoms with Crippen molar-refractivity contribution in [3.05, 3.63) is 64.1 Å². The predicted molar refractivity (Wildman–Crippen MR) is 111 cm³/mol. The van der Waals surface area contributed by atoms with Crippen LogP contribution in [0.25, 0.3) is 5.76 Å². The Morgan fingerprint density at radius 3 is 2.48 bits per heavy atom. The molecule has 1 fully saturated rings. The largest absolute Gasteiger partial charge is 0.507 e. The molecule has 6 nitrogen and oxygen atoms in total. The molecule has 1 aliphatic rings. The van der Waals surface area contributed by atoms with Crippen LogP contribution in [-0.2, 0) is 9.59 Å². The number of hydrogen-bond acceptors (Lipinski definition) is 4. The van der Waals surface area contributed by atoms with Crippen molar-refractivity contribution in [1.29, 1.82) is 0 Å². The molecule has 29 heavy (non-hydrogen) atoms. The zero-order chi connectivity index (χ0) is 21.3. The van der Waals surface area contributed by atoms with Crippen molar-refractivity contribution in [3.63, 3.8) is 0 Å². The summed E-state index contributed by atoms with van der Waals surface area (Å²) in [5.41, 5.74) is 2.46. The summed E-state index contributed by atoms with van der Waals surface area (Å²) in [5.74, 6) is -0.227. The average Bonchev–Trinajstić information content (AvgIpc) is 3.19. The summed E-state index contributed by atoms with van der Waals surface area (Å²) in [5, 5.41) is 11.1. The average molecular weight is 397 g/mol. The Hall–Kier alpha value is -2.86. The molecular weight excluding hydrogens is 368 g/mol. The van der Waals surface area contributed by atoms with E-state index in [9.17, 15) is 14.7 Å². The smallest absolute Gasteiger partial charge is 0.295 e. The highest BCUT2D eigenvalue weighted by atomic mass is 16.3. The van der Waals surface area contributed by atoms with Gasteiger partial charge in [0.1, 0.15) is 23.3 Å². The Morgan fingerprint density at radius 1 is 1.14 bits per heavy atom. The van der Waals surface area contributed by atoms with Gasteiger partial charge in [-0.25, -0.2) is 0 Å². The molecule has 0 unspecified atom stereocenters. The fourth-order valence-corrected chi connectivity index (χ4v) is 3.75. The van der Waals surface area contributed by atoms with Crippen molar-refractivity contribution in [2.24, 2.45) is 0 Å². The Balaban J connectivity index is 2.11. The zero-order valence-electron chi connectivity index (χ0n) is 17.7. The van der Waals surface area contributed by atoms with Gasteiger partial charge in [-0.15, -0.1) is 0 Å². The molecule has 0 bridgehead atoms. The first-order valence-electron chi connectivity index (χ1n) is 9.92. The normalized spacial score (nSPS) is 18.8. The Morgan fingerprint density at radius 2 is 1.86 bits per heavy atom. The minimum absolute atomic E-state index is 0.0928. The highest BCUT2D eigenvalue weighted by molar-refractivity contribution is 6.46. The Kier molecular flexibility index (Phi) is 5.94. The molecule has 0 aliphatic carbocycles. The van der Waals surface area contributed by atoms with E-state index in [1.165, 1.54) is 9.80 Å². The lowest BCUT2D eigenvalue weighted by molar-refractivity contribution is -0.858. The number of rotatable bonds is 6. The van der Waals surface area contributed by atoms with Crippen LogP contribution in [0.5, 0.6) is 0 Å². The van der Waals surface area contributed by atoms with Gasteiger partial charge >= 0.3 is 0 Å². The van der Waals surface area contributed by atoms with Gasteiger partial charge in [-0.1, -0.05) is 17.7 Å². The van der Waals surface area contributed by atoms with Gasteiger partial charge in [0, 0.05) is 18.5 Å². The van der Waals surface area contributed by atoms with E-state index in [0.717, 1.165) is 24.1 Å². The number of nitrogens with zero attached hydrogens (tertiary/aromatic N) is 1. The number of aliphatic hydroxyl groups excluding tert-OH is 1. The second kappa shape index (κ2) is 8.25. The third kappa shape index (κ3) is 4.12. The van der Waals surface area contributed by atoms with Gasteiger partial charge in [0.2, 0.25) is 0 Å². The number of nitrogens with one attached hydrogen (secondary N) is 1. The Labute approximate surface area is 171 Å². The van der Waals surface area contributed by atoms with Crippen LogP contribution < -0.4 is 4.90 Å². The van der Waals surface area contributed by atoms with Gasteiger partial charge < -0.3 is 19.3 Å². The number of Topliss-reactive ketones (excluding diaryl/α,β-unsaturated/α-hetero) is 1. The van der Waals surface area contributed by atoms with Crippen LogP contribution in [0.2, 0.25) is 0 Å². The molecule has 3 rings (SSSR count). The first kappa shape index (κ1) is 20.9. The van der Waals surface area contributed by atoms with E-state index in [-0.39, 0.29) is 11.3 Å². The van der Waals surface area contributed by atoms with Crippen LogP contribution in [-0.4, -0.2) is 48.9 Å². The molecule has 1 saturated heterocycles. The number of aryl methyl sites for hydroxylation is 3. The first-order chi connectivity index (χ1) is 13.7. The second-order valence-electron chi connectivity index (χ2n) is 8.07. The minimum Gasteiger partial charge on any atom is -0.507 e. The van der Waals surface area contributed by atoms with E-state index in [1.54, 1.807) is 12.1 Å². The monoisotopic (exact) mass is 397 g/mol. The highest BCUT2D eigenvalue weighted by Gasteiger charge is 2.47. The van der Waals surface area contributed by atoms with E-state index in [2.05, 4.69) is 0 Å². The molecule has 1 aromatic heterocycles. The van der Waals surface area contributed by atoms with E-state index >= 15 is 0 Å². The van der Waals surface area contributed by atoms with Gasteiger partial charge in [0.25, 0.3) is 11.7 Å². The fourth-order valence-electron chi connectivity index (χ4n) is 3.75. The predicted octanol–water partition coefficient (Wildman–Crippen LogP) is 2.16. The van der Waals surface area contributed by atoms with Gasteiger partial charge in [-0.05, 0) is 44.5 Å². The molecule has 2 aromatic rings. The molecule has 1 amide bonds. The number of hydrogen-bond donors (Lipinski definition) is 2. The molecule has 0 radical (unpaired) electrons. The maximum atomic E-state index is 13.0. The molecule has 1 atom stereocenters. The number of likely N-dealkylation sites (tertiary alicyclic amines) is 1. The summed E-state index contributed by atoms with van der Waals surface area (Å²) < 4.78 is 5.80. The lowest BCUT2D eigenvalue weighted by Gasteiger charge is -2.23. The van der Waals surface area contributed by atoms with E-state index in [1.807, 2.05) is 53.1 Å². The summed E-state index contributed by atoms with van der Waals surface area (Å²) in [6.07, 6.45) is 0.745. The summed E-state index contributed by atoms with van der Waals surface area (Å²) >= 11 is 0. The fraction of sp³-hybridized carbons (Fsp3) is 0.391. The van der Waals surface area contributed by atoms with Crippen molar-refractivity contribution in [2.75, 3.05) is 27.2 Å². The number of benzene rings is 1. The minimum atomic E-state index is -0.722. The van der Waals surface area contributed by atoms with Gasteiger partial charge in [0.15, 0.2) is 0 Å². The number of carbonyl (C=O) groups excluding carboxylic acids is 2. The number of aliphatic hydroxyl groups is 1. The lowest BCUT2D eigenvalue weighted by atomic mass is 9.96. The molecule has 154 valence electrons. The maximum Gasteiger partial charge on any atom is 0.295 e. The lowest BCUT2D eigenvalue weighted by Crippen LogP contribution is -3.05. The van der Waals surface area contributed by atoms with E-state index in [4.69, 9.17) is 4.42 Å². The molecule has 2 N–H and O–H groups in total. The summed E-state index contributed by atoms with van der Waals surface area (Å²) in [6, 6.07) is 8.52. The zero-order valence-corrected chi connectivity index (χ0v) is 17.7. The summed E-state index contributed by atoms with van der Waals surface area (Å²) in [6.45, 7) is 6.89. The van der Waals surface area contributed by atoms with Crippen molar-refractivity contribution in [1.82, 2.24) is 4.90 Å². The summed E-state index contributed by atoms with van der Waals surface area (Å²) in [4.78, 5) is 28.6. The molecule has 0 spiro atoms. The molecule has 1 aromatic carbocycles. The van der Waals surface area contributed by atoms with Gasteiger partial charge in [-0.2, -0.15) is 0 Å².